The summed E-state index contributed by atoms with van der Waals surface area (Å²) in [5, 5.41) is 15.5. The van der Waals surface area contributed by atoms with Gasteiger partial charge in [-0.2, -0.15) is 0 Å². The van der Waals surface area contributed by atoms with Gasteiger partial charge in [-0.3, -0.25) is 10.5 Å². The lowest BCUT2D eigenvalue weighted by atomic mass is 10.7. The van der Waals surface area contributed by atoms with Crippen LogP contribution in [0.15, 0.2) is 0 Å². The molecule has 0 fully saturated rings. The Kier molecular flexibility index (Phi) is 7.63. The fourth-order valence-electron chi connectivity index (χ4n) is 0.294. The zero-order valence-electron chi connectivity index (χ0n) is 4.95. The quantitative estimate of drug-likeness (QED) is 0.307. The smallest absolute Gasteiger partial charge is 0.105 e. The minimum atomic E-state index is 0.130. The summed E-state index contributed by atoms with van der Waals surface area (Å²) in [4.78, 5) is 7.39. The number of rotatable bonds is 6. The summed E-state index contributed by atoms with van der Waals surface area (Å²) in [6, 6.07) is 0. The van der Waals surface area contributed by atoms with Crippen LogP contribution in [0, 0.1) is 0 Å². The standard InChI is InChI=1S/C4H10O5/c5-8-3-1-7-2-4-9-6/h5-6H,1-4H2. The van der Waals surface area contributed by atoms with Gasteiger partial charge in [-0.15, -0.1) is 0 Å². The van der Waals surface area contributed by atoms with E-state index in [9.17, 15) is 0 Å². The highest BCUT2D eigenvalue weighted by molar-refractivity contribution is 4.26. The molecule has 2 N–H and O–H groups in total. The van der Waals surface area contributed by atoms with Crippen molar-refractivity contribution in [1.82, 2.24) is 0 Å². The number of hydrogen-bond donors (Lipinski definition) is 2. The Bertz CT molecular complexity index is 42.2. The summed E-state index contributed by atoms with van der Waals surface area (Å²) in [5.74, 6) is 0. The lowest BCUT2D eigenvalue weighted by Gasteiger charge is -1.98. The SMILES string of the molecule is OOCCOCCOO. The third kappa shape index (κ3) is 7.80. The highest BCUT2D eigenvalue weighted by atomic mass is 17.1. The topological polar surface area (TPSA) is 68.2 Å². The molecule has 0 amide bonds. The largest absolute Gasteiger partial charge is 0.376 e. The van der Waals surface area contributed by atoms with Crippen molar-refractivity contribution in [3.05, 3.63) is 0 Å². The summed E-state index contributed by atoms with van der Waals surface area (Å²) in [6.07, 6.45) is 0. The third-order valence-electron chi connectivity index (χ3n) is 0.638. The van der Waals surface area contributed by atoms with Gasteiger partial charge in [-0.1, -0.05) is 0 Å². The van der Waals surface area contributed by atoms with Gasteiger partial charge in [-0.05, 0) is 0 Å². The fourth-order valence-corrected chi connectivity index (χ4v) is 0.294. The summed E-state index contributed by atoms with van der Waals surface area (Å²) in [6.45, 7) is 0.844. The van der Waals surface area contributed by atoms with Gasteiger partial charge in [0.2, 0.25) is 0 Å². The number of ether oxygens (including phenoxy) is 1. The maximum absolute atomic E-state index is 7.76. The van der Waals surface area contributed by atoms with E-state index in [4.69, 9.17) is 15.3 Å². The van der Waals surface area contributed by atoms with E-state index in [1.165, 1.54) is 0 Å². The first-order valence-electron chi connectivity index (χ1n) is 2.52. The summed E-state index contributed by atoms with van der Waals surface area (Å²) in [7, 11) is 0. The molecular weight excluding hydrogens is 128 g/mol. The summed E-state index contributed by atoms with van der Waals surface area (Å²) in [5.41, 5.74) is 0. The maximum Gasteiger partial charge on any atom is 0.105 e. The van der Waals surface area contributed by atoms with Gasteiger partial charge in [0.15, 0.2) is 0 Å². The highest BCUT2D eigenvalue weighted by Crippen LogP contribution is 1.75. The monoisotopic (exact) mass is 138 g/mol. The van der Waals surface area contributed by atoms with Crippen molar-refractivity contribution in [2.24, 2.45) is 0 Å². The highest BCUT2D eigenvalue weighted by Gasteiger charge is 1.86. The minimum absolute atomic E-state index is 0.130. The molecule has 0 heterocycles. The first kappa shape index (κ1) is 8.80. The van der Waals surface area contributed by atoms with Crippen molar-refractivity contribution in [2.45, 2.75) is 0 Å². The lowest BCUT2D eigenvalue weighted by molar-refractivity contribution is -0.260. The molecule has 0 aromatic heterocycles. The van der Waals surface area contributed by atoms with Crippen LogP contribution in [0.5, 0.6) is 0 Å². The van der Waals surface area contributed by atoms with E-state index in [2.05, 4.69) is 9.78 Å². The molecule has 0 aliphatic rings. The van der Waals surface area contributed by atoms with E-state index in [0.29, 0.717) is 13.2 Å². The molecular formula is C4H10O5. The van der Waals surface area contributed by atoms with Crippen molar-refractivity contribution in [1.29, 1.82) is 0 Å². The van der Waals surface area contributed by atoms with E-state index < -0.39 is 0 Å². The van der Waals surface area contributed by atoms with E-state index in [0.717, 1.165) is 0 Å². The van der Waals surface area contributed by atoms with Gasteiger partial charge >= 0.3 is 0 Å². The molecule has 0 atom stereocenters. The molecule has 0 aromatic carbocycles. The average Bonchev–Trinajstić information content (AvgIpc) is 1.89. The Morgan fingerprint density at radius 3 is 1.56 bits per heavy atom. The van der Waals surface area contributed by atoms with Gasteiger partial charge in [-0.25, -0.2) is 9.78 Å². The molecule has 0 aromatic rings. The van der Waals surface area contributed by atoms with Crippen LogP contribution in [-0.4, -0.2) is 36.9 Å². The molecule has 5 heteroatoms. The normalized spacial score (nSPS) is 10.0. The van der Waals surface area contributed by atoms with Gasteiger partial charge in [0.25, 0.3) is 0 Å². The third-order valence-corrected chi connectivity index (χ3v) is 0.638. The van der Waals surface area contributed by atoms with Gasteiger partial charge in [0.05, 0.1) is 13.2 Å². The molecule has 0 rings (SSSR count). The van der Waals surface area contributed by atoms with Crippen molar-refractivity contribution in [3.63, 3.8) is 0 Å². The van der Waals surface area contributed by atoms with E-state index in [1.807, 2.05) is 0 Å². The Balaban J connectivity index is 2.60. The van der Waals surface area contributed by atoms with Crippen LogP contribution in [0.2, 0.25) is 0 Å². The molecule has 0 saturated carbocycles. The van der Waals surface area contributed by atoms with Crippen molar-refractivity contribution >= 4 is 0 Å². The van der Waals surface area contributed by atoms with E-state index in [-0.39, 0.29) is 13.2 Å². The molecule has 0 saturated heterocycles. The van der Waals surface area contributed by atoms with Crippen molar-refractivity contribution in [3.8, 4) is 0 Å². The molecule has 0 spiro atoms. The van der Waals surface area contributed by atoms with Crippen LogP contribution in [0.1, 0.15) is 0 Å². The first-order chi connectivity index (χ1) is 4.41. The van der Waals surface area contributed by atoms with Gasteiger partial charge < -0.3 is 4.74 Å². The molecule has 0 bridgehead atoms. The molecule has 56 valence electrons. The zero-order valence-corrected chi connectivity index (χ0v) is 4.95. The number of hydrogen-bond acceptors (Lipinski definition) is 5. The van der Waals surface area contributed by atoms with E-state index in [1.54, 1.807) is 0 Å². The van der Waals surface area contributed by atoms with Crippen LogP contribution in [0.3, 0.4) is 0 Å². The second kappa shape index (κ2) is 7.80. The Morgan fingerprint density at radius 1 is 0.778 bits per heavy atom. The second-order valence-corrected chi connectivity index (χ2v) is 1.28. The molecule has 0 aliphatic heterocycles. The molecule has 9 heavy (non-hydrogen) atoms. The molecule has 5 nitrogen and oxygen atoms in total. The minimum Gasteiger partial charge on any atom is -0.376 e. The zero-order chi connectivity index (χ0) is 6.95. The van der Waals surface area contributed by atoms with Gasteiger partial charge in [0, 0.05) is 0 Å². The summed E-state index contributed by atoms with van der Waals surface area (Å²) < 4.78 is 4.74. The first-order valence-corrected chi connectivity index (χ1v) is 2.52. The van der Waals surface area contributed by atoms with Crippen LogP contribution >= 0.6 is 0 Å². The molecule has 0 aliphatic carbocycles. The van der Waals surface area contributed by atoms with Crippen molar-refractivity contribution in [2.75, 3.05) is 26.4 Å². The average molecular weight is 138 g/mol. The predicted octanol–water partition coefficient (Wildman–Crippen LogP) is -0.0178. The van der Waals surface area contributed by atoms with E-state index >= 15 is 0 Å². The Hall–Kier alpha value is -0.200. The van der Waals surface area contributed by atoms with Crippen LogP contribution in [0.25, 0.3) is 0 Å². The summed E-state index contributed by atoms with van der Waals surface area (Å²) >= 11 is 0. The van der Waals surface area contributed by atoms with Crippen molar-refractivity contribution < 1.29 is 25.0 Å². The molecule has 0 unspecified atom stereocenters. The second-order valence-electron chi connectivity index (χ2n) is 1.28. The fraction of sp³-hybridized carbons (Fsp3) is 1.00. The van der Waals surface area contributed by atoms with Crippen LogP contribution in [-0.2, 0) is 14.5 Å². The Labute approximate surface area is 52.6 Å². The van der Waals surface area contributed by atoms with Crippen LogP contribution in [0.4, 0.5) is 0 Å². The lowest BCUT2D eigenvalue weighted by Crippen LogP contribution is -2.06. The molecule has 0 radical (unpaired) electrons. The maximum atomic E-state index is 7.76. The van der Waals surface area contributed by atoms with Crippen LogP contribution < -0.4 is 0 Å². The Morgan fingerprint density at radius 2 is 1.22 bits per heavy atom. The van der Waals surface area contributed by atoms with Gasteiger partial charge in [0.1, 0.15) is 13.2 Å². The predicted molar refractivity (Wildman–Crippen MR) is 28.0 cm³/mol.